The van der Waals surface area contributed by atoms with Gasteiger partial charge in [0, 0.05) is 10.9 Å². The maximum Gasteiger partial charge on any atom is 0.129 e. The molecule has 0 unspecified atom stereocenters. The van der Waals surface area contributed by atoms with Crippen LogP contribution < -0.4 is 9.47 Å². The summed E-state index contributed by atoms with van der Waals surface area (Å²) >= 11 is 3.48. The lowest BCUT2D eigenvalue weighted by atomic mass is 10.0. The summed E-state index contributed by atoms with van der Waals surface area (Å²) in [6.07, 6.45) is 3.44. The second-order valence-electron chi connectivity index (χ2n) is 3.68. The zero-order chi connectivity index (χ0) is 12.0. The van der Waals surface area contributed by atoms with Crippen molar-refractivity contribution in [1.82, 2.24) is 0 Å². The largest absolute Gasteiger partial charge is 0.496 e. The predicted octanol–water partition coefficient (Wildman–Crippen LogP) is 3.94. The molecule has 0 aliphatic rings. The first kappa shape index (κ1) is 13.4. The van der Waals surface area contributed by atoms with Crippen molar-refractivity contribution in [2.24, 2.45) is 0 Å². The summed E-state index contributed by atoms with van der Waals surface area (Å²) in [5.41, 5.74) is 2.36. The van der Waals surface area contributed by atoms with E-state index < -0.39 is 0 Å². The summed E-state index contributed by atoms with van der Waals surface area (Å²) in [5, 5.41) is 0.749. The number of hydrogen-bond donors (Lipinski definition) is 0. The predicted molar refractivity (Wildman–Crippen MR) is 70.8 cm³/mol. The fourth-order valence-corrected chi connectivity index (χ4v) is 2.33. The van der Waals surface area contributed by atoms with Crippen molar-refractivity contribution < 1.29 is 9.47 Å². The number of methoxy groups -OCH3 is 2. The van der Waals surface area contributed by atoms with E-state index in [1.165, 1.54) is 18.4 Å². The van der Waals surface area contributed by atoms with Crippen LogP contribution in [0.25, 0.3) is 0 Å². The lowest BCUT2D eigenvalue weighted by molar-refractivity contribution is 0.384. The molecule has 0 aliphatic heterocycles. The van der Waals surface area contributed by atoms with Gasteiger partial charge in [0.1, 0.15) is 11.5 Å². The van der Waals surface area contributed by atoms with Gasteiger partial charge in [0.25, 0.3) is 0 Å². The summed E-state index contributed by atoms with van der Waals surface area (Å²) < 4.78 is 10.8. The molecule has 0 amide bonds. The molecule has 0 radical (unpaired) electrons. The number of aryl methyl sites for hydroxylation is 1. The van der Waals surface area contributed by atoms with Gasteiger partial charge in [-0.25, -0.2) is 0 Å². The zero-order valence-corrected chi connectivity index (χ0v) is 11.8. The molecular weight excluding hydrogens is 268 g/mol. The van der Waals surface area contributed by atoms with Gasteiger partial charge >= 0.3 is 0 Å². The smallest absolute Gasteiger partial charge is 0.129 e. The first-order chi connectivity index (χ1) is 7.78. The van der Waals surface area contributed by atoms with Gasteiger partial charge in [-0.3, -0.25) is 0 Å². The summed E-state index contributed by atoms with van der Waals surface area (Å²) in [7, 11) is 3.41. The highest BCUT2D eigenvalue weighted by atomic mass is 79.9. The second-order valence-corrected chi connectivity index (χ2v) is 4.24. The first-order valence-electron chi connectivity index (χ1n) is 5.57. The van der Waals surface area contributed by atoms with Crippen LogP contribution in [0.2, 0.25) is 0 Å². The highest BCUT2D eigenvalue weighted by molar-refractivity contribution is 9.08. The minimum atomic E-state index is 0.749. The van der Waals surface area contributed by atoms with E-state index in [4.69, 9.17) is 9.47 Å². The molecule has 2 nitrogen and oxygen atoms in total. The molecule has 0 spiro atoms. The van der Waals surface area contributed by atoms with Crippen molar-refractivity contribution in [3.05, 3.63) is 23.3 Å². The van der Waals surface area contributed by atoms with Gasteiger partial charge < -0.3 is 9.47 Å². The Balaban J connectivity index is 3.10. The number of unbranched alkanes of at least 4 members (excludes halogenated alkanes) is 1. The van der Waals surface area contributed by atoms with Gasteiger partial charge in [-0.2, -0.15) is 0 Å². The van der Waals surface area contributed by atoms with Crippen LogP contribution in [0.3, 0.4) is 0 Å². The van der Waals surface area contributed by atoms with Crippen LogP contribution in [-0.2, 0) is 11.8 Å². The van der Waals surface area contributed by atoms with Gasteiger partial charge in [-0.1, -0.05) is 35.3 Å². The van der Waals surface area contributed by atoms with Crippen molar-refractivity contribution in [1.29, 1.82) is 0 Å². The van der Waals surface area contributed by atoms with Crippen molar-refractivity contribution in [3.8, 4) is 11.5 Å². The van der Waals surface area contributed by atoms with Crippen LogP contribution in [-0.4, -0.2) is 14.2 Å². The number of ether oxygens (including phenoxy) is 2. The van der Waals surface area contributed by atoms with Crippen molar-refractivity contribution in [3.63, 3.8) is 0 Å². The molecule has 1 rings (SSSR count). The number of alkyl halides is 1. The van der Waals surface area contributed by atoms with E-state index >= 15 is 0 Å². The average Bonchev–Trinajstić information content (AvgIpc) is 2.34. The Morgan fingerprint density at radius 2 is 1.94 bits per heavy atom. The summed E-state index contributed by atoms with van der Waals surface area (Å²) in [6, 6.07) is 4.11. The van der Waals surface area contributed by atoms with Gasteiger partial charge in [-0.15, -0.1) is 0 Å². The number of hydrogen-bond acceptors (Lipinski definition) is 2. The molecule has 1 aromatic carbocycles. The molecule has 0 bridgehead atoms. The molecule has 90 valence electrons. The van der Waals surface area contributed by atoms with E-state index in [0.717, 1.165) is 28.8 Å². The molecule has 16 heavy (non-hydrogen) atoms. The highest BCUT2D eigenvalue weighted by Crippen LogP contribution is 2.34. The molecule has 0 aliphatic carbocycles. The van der Waals surface area contributed by atoms with Gasteiger partial charge in [-0.05, 0) is 24.5 Å². The Morgan fingerprint density at radius 1 is 1.19 bits per heavy atom. The topological polar surface area (TPSA) is 18.5 Å². The van der Waals surface area contributed by atoms with Crippen LogP contribution in [0.4, 0.5) is 0 Å². The normalized spacial score (nSPS) is 10.2. The minimum Gasteiger partial charge on any atom is -0.496 e. The Hall–Kier alpha value is -0.700. The average molecular weight is 287 g/mol. The van der Waals surface area contributed by atoms with E-state index in [1.54, 1.807) is 14.2 Å². The zero-order valence-electron chi connectivity index (χ0n) is 10.2. The van der Waals surface area contributed by atoms with Crippen molar-refractivity contribution >= 4 is 15.9 Å². The summed E-state index contributed by atoms with van der Waals surface area (Å²) in [4.78, 5) is 0. The fraction of sp³-hybridized carbons (Fsp3) is 0.538. The second kappa shape index (κ2) is 6.79. The molecule has 3 heteroatoms. The molecule has 0 saturated heterocycles. The van der Waals surface area contributed by atoms with Gasteiger partial charge in [0.2, 0.25) is 0 Å². The van der Waals surface area contributed by atoms with Crippen LogP contribution >= 0.6 is 15.9 Å². The number of benzene rings is 1. The quantitative estimate of drug-likeness (QED) is 0.738. The van der Waals surface area contributed by atoms with Gasteiger partial charge in [0.05, 0.1) is 14.2 Å². The standard InChI is InChI=1S/C13H19BrO2/c1-4-5-6-10-7-8-12(15-2)11(9-14)13(10)16-3/h7-8H,4-6,9H2,1-3H3. The van der Waals surface area contributed by atoms with Crippen molar-refractivity contribution in [2.75, 3.05) is 14.2 Å². The molecule has 0 N–H and O–H groups in total. The first-order valence-corrected chi connectivity index (χ1v) is 6.69. The maximum absolute atomic E-state index is 5.50. The number of rotatable bonds is 6. The minimum absolute atomic E-state index is 0.749. The Morgan fingerprint density at radius 3 is 2.44 bits per heavy atom. The van der Waals surface area contributed by atoms with Crippen LogP contribution in [0, 0.1) is 0 Å². The molecule has 1 aromatic rings. The van der Waals surface area contributed by atoms with E-state index in [1.807, 2.05) is 6.07 Å². The van der Waals surface area contributed by atoms with Crippen LogP contribution in [0.15, 0.2) is 12.1 Å². The lowest BCUT2D eigenvalue weighted by Crippen LogP contribution is -1.99. The van der Waals surface area contributed by atoms with Gasteiger partial charge in [0.15, 0.2) is 0 Å². The third-order valence-corrected chi connectivity index (χ3v) is 3.22. The van der Waals surface area contributed by atoms with E-state index in [9.17, 15) is 0 Å². The molecule has 0 aromatic heterocycles. The Bertz CT molecular complexity index is 337. The molecule has 0 atom stereocenters. The third-order valence-electron chi connectivity index (χ3n) is 2.66. The molecular formula is C13H19BrO2. The Kier molecular flexibility index (Phi) is 5.67. The molecule has 0 saturated carbocycles. The lowest BCUT2D eigenvalue weighted by Gasteiger charge is -2.15. The Labute approximate surface area is 106 Å². The van der Waals surface area contributed by atoms with Crippen LogP contribution in [0.5, 0.6) is 11.5 Å². The van der Waals surface area contributed by atoms with Crippen LogP contribution in [0.1, 0.15) is 30.9 Å². The molecule has 0 heterocycles. The maximum atomic E-state index is 5.50. The highest BCUT2D eigenvalue weighted by Gasteiger charge is 2.13. The fourth-order valence-electron chi connectivity index (χ4n) is 1.79. The third kappa shape index (κ3) is 2.91. The van der Waals surface area contributed by atoms with Crippen molar-refractivity contribution in [2.45, 2.75) is 31.5 Å². The van der Waals surface area contributed by atoms with E-state index in [2.05, 4.69) is 28.9 Å². The monoisotopic (exact) mass is 286 g/mol. The molecule has 0 fully saturated rings. The SMILES string of the molecule is CCCCc1ccc(OC)c(CBr)c1OC. The summed E-state index contributed by atoms with van der Waals surface area (Å²) in [5.74, 6) is 1.85. The summed E-state index contributed by atoms with van der Waals surface area (Å²) in [6.45, 7) is 2.20. The van der Waals surface area contributed by atoms with E-state index in [0.29, 0.717) is 0 Å². The van der Waals surface area contributed by atoms with E-state index in [-0.39, 0.29) is 0 Å². The number of halogens is 1.